The van der Waals surface area contributed by atoms with Crippen LogP contribution in [0.4, 0.5) is 15.4 Å². The molecule has 3 aliphatic heterocycles. The lowest BCUT2D eigenvalue weighted by Gasteiger charge is -2.40. The molecular formula is C31H41N7O5. The van der Waals surface area contributed by atoms with Gasteiger partial charge < -0.3 is 28.9 Å². The van der Waals surface area contributed by atoms with E-state index < -0.39 is 17.8 Å². The Kier molecular flexibility index (Phi) is 9.20. The van der Waals surface area contributed by atoms with Crippen molar-refractivity contribution >= 4 is 18.0 Å². The fourth-order valence-corrected chi connectivity index (χ4v) is 5.71. The molecule has 12 nitrogen and oxygen atoms in total. The zero-order chi connectivity index (χ0) is 30.6. The molecule has 0 radical (unpaired) electrons. The first kappa shape index (κ1) is 30.4. The third kappa shape index (κ3) is 7.46. The number of benzene rings is 1. The Labute approximate surface area is 253 Å². The minimum absolute atomic E-state index is 0.137. The summed E-state index contributed by atoms with van der Waals surface area (Å²) in [6, 6.07) is 9.75. The molecule has 2 amide bonds. The summed E-state index contributed by atoms with van der Waals surface area (Å²) >= 11 is 0. The molecular weight excluding hydrogens is 550 g/mol. The first-order chi connectivity index (χ1) is 20.6. The van der Waals surface area contributed by atoms with Gasteiger partial charge in [0.2, 0.25) is 6.54 Å². The van der Waals surface area contributed by atoms with Crippen molar-refractivity contribution in [1.82, 2.24) is 24.7 Å². The summed E-state index contributed by atoms with van der Waals surface area (Å²) in [7, 11) is 2.09. The zero-order valence-electron chi connectivity index (χ0n) is 25.5. The second kappa shape index (κ2) is 13.0. The summed E-state index contributed by atoms with van der Waals surface area (Å²) in [6.45, 7) is 16.7. The Morgan fingerprint density at radius 3 is 2.53 bits per heavy atom. The highest BCUT2D eigenvalue weighted by Crippen LogP contribution is 2.33. The Morgan fingerprint density at radius 2 is 1.84 bits per heavy atom. The molecule has 2 unspecified atom stereocenters. The van der Waals surface area contributed by atoms with Gasteiger partial charge in [-0.1, -0.05) is 30.3 Å². The molecule has 0 aliphatic carbocycles. The standard InChI is InChI=1S/C31H41N7O5/c1-31(2,3)43-30(40)38-15-14-36(17-24(38)16-32-4)27-25-18-37(29(39)42-20-22-10-7-6-8-11-22)19-26(25)33-28(34-27)41-21-23-12-9-13-35(23)5/h6-8,10-11,23-24H,9,12-21H2,1-3,5H3. The van der Waals surface area contributed by atoms with Crippen LogP contribution in [0.5, 0.6) is 6.01 Å². The highest BCUT2D eigenvalue weighted by Gasteiger charge is 2.38. The molecule has 0 saturated carbocycles. The lowest BCUT2D eigenvalue weighted by Crippen LogP contribution is -2.57. The third-order valence-corrected chi connectivity index (χ3v) is 7.99. The number of rotatable bonds is 7. The molecule has 2 atom stereocenters. The SMILES string of the molecule is [C-]#[N+]CC1CN(c2nc(OCC3CCCN3C)nc3c2CN(C(=O)OCc2ccccc2)C3)CCN1C(=O)OC(C)(C)C. The molecule has 2 aromatic rings. The van der Waals surface area contributed by atoms with E-state index in [1.54, 1.807) is 9.80 Å². The molecule has 230 valence electrons. The van der Waals surface area contributed by atoms with E-state index in [0.29, 0.717) is 50.3 Å². The van der Waals surface area contributed by atoms with Gasteiger partial charge in [0.05, 0.1) is 18.8 Å². The van der Waals surface area contributed by atoms with Gasteiger partial charge in [0, 0.05) is 31.2 Å². The quantitative estimate of drug-likeness (QED) is 0.443. The van der Waals surface area contributed by atoms with E-state index in [1.807, 2.05) is 51.1 Å². The summed E-state index contributed by atoms with van der Waals surface area (Å²) in [6.07, 6.45) is 1.33. The first-order valence-electron chi connectivity index (χ1n) is 14.9. The van der Waals surface area contributed by atoms with Gasteiger partial charge in [-0.15, -0.1) is 0 Å². The van der Waals surface area contributed by atoms with Gasteiger partial charge in [0.25, 0.3) is 0 Å². The van der Waals surface area contributed by atoms with Gasteiger partial charge in [-0.2, -0.15) is 9.97 Å². The van der Waals surface area contributed by atoms with Crippen LogP contribution in [0.25, 0.3) is 4.85 Å². The summed E-state index contributed by atoms with van der Waals surface area (Å²) in [4.78, 5) is 46.9. The van der Waals surface area contributed by atoms with E-state index in [1.165, 1.54) is 0 Å². The number of ether oxygens (including phenoxy) is 3. The predicted molar refractivity (Wildman–Crippen MR) is 159 cm³/mol. The Balaban J connectivity index is 1.36. The molecule has 5 rings (SSSR count). The van der Waals surface area contributed by atoms with E-state index >= 15 is 0 Å². The number of carbonyl (C=O) groups excluding carboxylic acids is 2. The van der Waals surface area contributed by atoms with Crippen LogP contribution in [0.1, 0.15) is 50.4 Å². The van der Waals surface area contributed by atoms with Crippen molar-refractivity contribution in [3.8, 4) is 6.01 Å². The van der Waals surface area contributed by atoms with Crippen LogP contribution < -0.4 is 9.64 Å². The predicted octanol–water partition coefficient (Wildman–Crippen LogP) is 3.95. The van der Waals surface area contributed by atoms with Crippen molar-refractivity contribution in [2.45, 2.75) is 71.0 Å². The molecule has 2 saturated heterocycles. The summed E-state index contributed by atoms with van der Waals surface area (Å²) in [5.74, 6) is 0.664. The topological polar surface area (TPSA) is 105 Å². The number of hydrogen-bond acceptors (Lipinski definition) is 9. The maximum atomic E-state index is 13.1. The summed E-state index contributed by atoms with van der Waals surface area (Å²) < 4.78 is 17.4. The summed E-state index contributed by atoms with van der Waals surface area (Å²) in [5, 5.41) is 0. The number of carbonyl (C=O) groups is 2. The maximum absolute atomic E-state index is 13.1. The number of likely N-dealkylation sites (tertiary alicyclic amines) is 1. The summed E-state index contributed by atoms with van der Waals surface area (Å²) in [5.41, 5.74) is 1.82. The van der Waals surface area contributed by atoms with Crippen molar-refractivity contribution in [2.75, 3.05) is 51.3 Å². The van der Waals surface area contributed by atoms with Gasteiger partial charge in [-0.3, -0.25) is 9.80 Å². The van der Waals surface area contributed by atoms with Crippen molar-refractivity contribution in [3.05, 3.63) is 58.6 Å². The van der Waals surface area contributed by atoms with Crippen LogP contribution in [0, 0.1) is 6.57 Å². The molecule has 1 aromatic heterocycles. The number of nitrogens with zero attached hydrogens (tertiary/aromatic N) is 7. The highest BCUT2D eigenvalue weighted by atomic mass is 16.6. The van der Waals surface area contributed by atoms with Crippen LogP contribution in [-0.2, 0) is 29.2 Å². The average Bonchev–Trinajstić information content (AvgIpc) is 3.60. The molecule has 4 heterocycles. The van der Waals surface area contributed by atoms with Crippen molar-refractivity contribution in [2.24, 2.45) is 0 Å². The van der Waals surface area contributed by atoms with Gasteiger partial charge in [0.15, 0.2) is 0 Å². The van der Waals surface area contributed by atoms with Gasteiger partial charge in [-0.05, 0) is 52.8 Å². The van der Waals surface area contributed by atoms with Crippen molar-refractivity contribution in [3.63, 3.8) is 0 Å². The highest BCUT2D eigenvalue weighted by molar-refractivity contribution is 5.71. The van der Waals surface area contributed by atoms with E-state index in [9.17, 15) is 9.59 Å². The monoisotopic (exact) mass is 591 g/mol. The van der Waals surface area contributed by atoms with Gasteiger partial charge in [0.1, 0.15) is 30.7 Å². The maximum Gasteiger partial charge on any atom is 0.410 e. The van der Waals surface area contributed by atoms with E-state index in [-0.39, 0.29) is 31.7 Å². The van der Waals surface area contributed by atoms with Crippen LogP contribution in [0.15, 0.2) is 30.3 Å². The minimum Gasteiger partial charge on any atom is -0.462 e. The van der Waals surface area contributed by atoms with E-state index in [2.05, 4.69) is 21.7 Å². The van der Waals surface area contributed by atoms with Crippen LogP contribution in [0.2, 0.25) is 0 Å². The number of hydrogen-bond donors (Lipinski definition) is 0. The first-order valence-corrected chi connectivity index (χ1v) is 14.9. The Hall–Kier alpha value is -4.11. The molecule has 0 bridgehead atoms. The van der Waals surface area contributed by atoms with Crippen LogP contribution in [0.3, 0.4) is 0 Å². The van der Waals surface area contributed by atoms with Crippen molar-refractivity contribution < 1.29 is 23.8 Å². The minimum atomic E-state index is -0.636. The fraction of sp³-hybridized carbons (Fsp3) is 0.581. The molecule has 2 fully saturated rings. The number of aromatic nitrogens is 2. The third-order valence-electron chi connectivity index (χ3n) is 7.99. The molecule has 1 aromatic carbocycles. The lowest BCUT2D eigenvalue weighted by molar-refractivity contribution is 0.0155. The smallest absolute Gasteiger partial charge is 0.410 e. The van der Waals surface area contributed by atoms with Gasteiger partial charge in [-0.25, -0.2) is 16.2 Å². The van der Waals surface area contributed by atoms with Crippen molar-refractivity contribution in [1.29, 1.82) is 0 Å². The number of anilines is 1. The van der Waals surface area contributed by atoms with Crippen LogP contribution in [-0.4, -0.2) is 101 Å². The largest absolute Gasteiger partial charge is 0.462 e. The Bertz CT molecular complexity index is 1340. The van der Waals surface area contributed by atoms with E-state index in [0.717, 1.165) is 30.5 Å². The fourth-order valence-electron chi connectivity index (χ4n) is 5.71. The number of piperazine rings is 1. The normalized spacial score (nSPS) is 20.5. The number of amides is 2. The lowest BCUT2D eigenvalue weighted by atomic mass is 10.1. The molecule has 3 aliphatic rings. The van der Waals surface area contributed by atoms with Crippen LogP contribution >= 0.6 is 0 Å². The van der Waals surface area contributed by atoms with Gasteiger partial charge >= 0.3 is 18.2 Å². The molecule has 0 spiro atoms. The molecule has 43 heavy (non-hydrogen) atoms. The number of likely N-dealkylation sites (N-methyl/N-ethyl adjacent to an activating group) is 1. The molecule has 0 N–H and O–H groups in total. The second-order valence-electron chi connectivity index (χ2n) is 12.4. The number of fused-ring (bicyclic) bond motifs is 1. The zero-order valence-corrected chi connectivity index (χ0v) is 25.5. The second-order valence-corrected chi connectivity index (χ2v) is 12.4. The Morgan fingerprint density at radius 1 is 1.05 bits per heavy atom. The van der Waals surface area contributed by atoms with E-state index in [4.69, 9.17) is 30.8 Å². The average molecular weight is 592 g/mol. The molecule has 12 heteroatoms.